The van der Waals surface area contributed by atoms with Gasteiger partial charge in [-0.15, -0.1) is 0 Å². The van der Waals surface area contributed by atoms with Gasteiger partial charge in [0.25, 0.3) is 0 Å². The number of rotatable bonds is 4. The Hall–Kier alpha value is -1.32. The third-order valence-corrected chi connectivity index (χ3v) is 7.88. The molecule has 1 fully saturated rings. The first-order chi connectivity index (χ1) is 13.1. The number of hydrogen-bond donors (Lipinski definition) is 0. The lowest BCUT2D eigenvalue weighted by atomic mass is 10.3. The lowest BCUT2D eigenvalue weighted by molar-refractivity contribution is -0.133. The second-order valence-corrected chi connectivity index (χ2v) is 9.63. The number of halogens is 3. The van der Waals surface area contributed by atoms with Crippen molar-refractivity contribution in [3.63, 3.8) is 0 Å². The summed E-state index contributed by atoms with van der Waals surface area (Å²) in [5, 5.41) is 5.28. The van der Waals surface area contributed by atoms with Crippen LogP contribution in [0.1, 0.15) is 11.4 Å². The summed E-state index contributed by atoms with van der Waals surface area (Å²) in [6.07, 6.45) is 0. The van der Waals surface area contributed by atoms with E-state index in [4.69, 9.17) is 34.8 Å². The largest absolute Gasteiger partial charge is 0.338 e. The van der Waals surface area contributed by atoms with Gasteiger partial charge in [-0.05, 0) is 32.0 Å². The van der Waals surface area contributed by atoms with Gasteiger partial charge in [-0.3, -0.25) is 9.48 Å². The minimum absolute atomic E-state index is 0.0684. The topological polar surface area (TPSA) is 75.5 Å². The second kappa shape index (κ2) is 8.20. The molecule has 0 unspecified atom stereocenters. The van der Waals surface area contributed by atoms with Gasteiger partial charge in [-0.1, -0.05) is 34.8 Å². The highest BCUT2D eigenvalue weighted by Gasteiger charge is 2.30. The number of sulfonamides is 1. The van der Waals surface area contributed by atoms with Crippen molar-refractivity contribution in [2.24, 2.45) is 0 Å². The number of aromatic nitrogens is 2. The minimum atomic E-state index is -3.70. The molecule has 152 valence electrons. The fourth-order valence-corrected chi connectivity index (χ4v) is 4.97. The van der Waals surface area contributed by atoms with E-state index in [1.54, 1.807) is 23.4 Å². The van der Waals surface area contributed by atoms with Gasteiger partial charge >= 0.3 is 0 Å². The first-order valence-electron chi connectivity index (χ1n) is 8.53. The van der Waals surface area contributed by atoms with Crippen molar-refractivity contribution >= 4 is 50.7 Å². The molecule has 3 rings (SSSR count). The van der Waals surface area contributed by atoms with E-state index in [9.17, 15) is 13.2 Å². The van der Waals surface area contributed by atoms with Crippen molar-refractivity contribution in [2.75, 3.05) is 26.2 Å². The van der Waals surface area contributed by atoms with Gasteiger partial charge in [-0.25, -0.2) is 8.42 Å². The van der Waals surface area contributed by atoms with E-state index in [0.29, 0.717) is 28.8 Å². The first kappa shape index (κ1) is 21.4. The summed E-state index contributed by atoms with van der Waals surface area (Å²) in [7, 11) is -3.70. The van der Waals surface area contributed by atoms with Gasteiger partial charge < -0.3 is 4.90 Å². The lowest BCUT2D eigenvalue weighted by Crippen LogP contribution is -2.51. The molecule has 1 aliphatic heterocycles. The molecule has 7 nitrogen and oxygen atoms in total. The van der Waals surface area contributed by atoms with Crippen LogP contribution in [0.4, 0.5) is 0 Å². The molecule has 1 aliphatic rings. The number of carbonyl (C=O) groups is 1. The van der Waals surface area contributed by atoms with Crippen LogP contribution in [0.3, 0.4) is 0 Å². The maximum absolute atomic E-state index is 12.8. The highest BCUT2D eigenvalue weighted by molar-refractivity contribution is 7.89. The quantitative estimate of drug-likeness (QED) is 0.695. The number of nitrogens with zero attached hydrogens (tertiary/aromatic N) is 4. The summed E-state index contributed by atoms with van der Waals surface area (Å²) in [5.74, 6) is -0.131. The van der Waals surface area contributed by atoms with Crippen LogP contribution in [0.2, 0.25) is 15.1 Å². The number of carbonyl (C=O) groups excluding carboxylic acids is 1. The molecule has 0 saturated carbocycles. The van der Waals surface area contributed by atoms with E-state index in [2.05, 4.69) is 5.10 Å². The Morgan fingerprint density at radius 1 is 1.07 bits per heavy atom. The number of benzene rings is 1. The van der Waals surface area contributed by atoms with Crippen LogP contribution in [-0.2, 0) is 21.4 Å². The molecular weight excluding hydrogens is 447 g/mol. The van der Waals surface area contributed by atoms with Crippen LogP contribution in [0.25, 0.3) is 0 Å². The monoisotopic (exact) mass is 464 g/mol. The summed E-state index contributed by atoms with van der Waals surface area (Å²) in [5.41, 5.74) is 1.40. The molecule has 1 aromatic carbocycles. The van der Waals surface area contributed by atoms with Crippen LogP contribution in [0.15, 0.2) is 23.1 Å². The second-order valence-electron chi connectivity index (χ2n) is 6.50. The molecule has 0 bridgehead atoms. The first-order valence-corrected chi connectivity index (χ1v) is 11.1. The van der Waals surface area contributed by atoms with Crippen LogP contribution in [0, 0.1) is 13.8 Å². The Morgan fingerprint density at radius 3 is 2.25 bits per heavy atom. The Kier molecular flexibility index (Phi) is 6.26. The maximum Gasteiger partial charge on any atom is 0.244 e. The summed E-state index contributed by atoms with van der Waals surface area (Å²) in [4.78, 5) is 14.3. The molecule has 0 radical (unpaired) electrons. The van der Waals surface area contributed by atoms with Crippen molar-refractivity contribution in [3.05, 3.63) is 44.7 Å². The zero-order chi connectivity index (χ0) is 20.6. The van der Waals surface area contributed by atoms with Crippen molar-refractivity contribution in [3.8, 4) is 0 Å². The summed E-state index contributed by atoms with van der Waals surface area (Å²) < 4.78 is 28.5. The van der Waals surface area contributed by atoms with E-state index >= 15 is 0 Å². The van der Waals surface area contributed by atoms with E-state index in [-0.39, 0.29) is 35.5 Å². The van der Waals surface area contributed by atoms with Crippen molar-refractivity contribution in [2.45, 2.75) is 25.3 Å². The average molecular weight is 466 g/mol. The zero-order valence-electron chi connectivity index (χ0n) is 15.3. The zero-order valence-corrected chi connectivity index (χ0v) is 18.4. The van der Waals surface area contributed by atoms with Crippen molar-refractivity contribution in [1.82, 2.24) is 19.0 Å². The fourth-order valence-electron chi connectivity index (χ4n) is 3.02. The van der Waals surface area contributed by atoms with Gasteiger partial charge in [0.2, 0.25) is 15.9 Å². The summed E-state index contributed by atoms with van der Waals surface area (Å²) in [6, 6.07) is 4.22. The maximum atomic E-state index is 12.8. The number of piperazine rings is 1. The molecule has 1 saturated heterocycles. The van der Waals surface area contributed by atoms with Gasteiger partial charge in [0.1, 0.15) is 6.54 Å². The molecule has 11 heteroatoms. The molecule has 2 heterocycles. The molecule has 2 aromatic rings. The third-order valence-electron chi connectivity index (χ3n) is 4.70. The number of hydrogen-bond acceptors (Lipinski definition) is 4. The lowest BCUT2D eigenvalue weighted by Gasteiger charge is -2.34. The Bertz CT molecular complexity index is 1010. The van der Waals surface area contributed by atoms with Crippen LogP contribution in [-0.4, -0.2) is 59.5 Å². The molecule has 28 heavy (non-hydrogen) atoms. The Labute approximate surface area is 178 Å². The van der Waals surface area contributed by atoms with Crippen LogP contribution >= 0.6 is 34.8 Å². The summed E-state index contributed by atoms with van der Waals surface area (Å²) >= 11 is 17.9. The molecule has 0 spiro atoms. The predicted molar refractivity (Wildman–Crippen MR) is 109 cm³/mol. The smallest absolute Gasteiger partial charge is 0.244 e. The SMILES string of the molecule is Cc1nn(CC(=O)N2CCN(S(=O)(=O)c3ccc(Cl)c(Cl)c3)CC2)c(C)c1Cl. The highest BCUT2D eigenvalue weighted by atomic mass is 35.5. The van der Waals surface area contributed by atoms with Crippen molar-refractivity contribution in [1.29, 1.82) is 0 Å². The van der Waals surface area contributed by atoms with E-state index in [1.807, 2.05) is 0 Å². The van der Waals surface area contributed by atoms with Gasteiger partial charge in [0.05, 0.1) is 31.4 Å². The van der Waals surface area contributed by atoms with E-state index in [1.165, 1.54) is 22.5 Å². The van der Waals surface area contributed by atoms with E-state index in [0.717, 1.165) is 5.69 Å². The standard InChI is InChI=1S/C17H19Cl3N4O3S/c1-11-17(20)12(2)24(21-11)10-16(25)22-5-7-23(8-6-22)28(26,27)13-3-4-14(18)15(19)9-13/h3-4,9H,5-8,10H2,1-2H3. The van der Waals surface area contributed by atoms with Crippen molar-refractivity contribution < 1.29 is 13.2 Å². The predicted octanol–water partition coefficient (Wildman–Crippen LogP) is 2.99. The Morgan fingerprint density at radius 2 is 1.71 bits per heavy atom. The van der Waals surface area contributed by atoms with Gasteiger partial charge in [0.15, 0.2) is 0 Å². The highest BCUT2D eigenvalue weighted by Crippen LogP contribution is 2.27. The van der Waals surface area contributed by atoms with Gasteiger partial charge in [-0.2, -0.15) is 9.40 Å². The molecule has 0 N–H and O–H groups in total. The fraction of sp³-hybridized carbons (Fsp3) is 0.412. The van der Waals surface area contributed by atoms with Crippen LogP contribution < -0.4 is 0 Å². The molecule has 0 atom stereocenters. The van der Waals surface area contributed by atoms with E-state index < -0.39 is 10.0 Å². The van der Waals surface area contributed by atoms with Gasteiger partial charge in [0, 0.05) is 26.2 Å². The Balaban J connectivity index is 1.65. The normalized spacial score (nSPS) is 15.8. The number of aryl methyl sites for hydroxylation is 1. The number of amides is 1. The third kappa shape index (κ3) is 4.16. The van der Waals surface area contributed by atoms with Crippen LogP contribution in [0.5, 0.6) is 0 Å². The molecule has 0 aliphatic carbocycles. The molecule has 1 amide bonds. The summed E-state index contributed by atoms with van der Waals surface area (Å²) in [6.45, 7) is 4.65. The molecule has 1 aromatic heterocycles. The molecular formula is C17H19Cl3N4O3S. The average Bonchev–Trinajstić information content (AvgIpc) is 2.90. The minimum Gasteiger partial charge on any atom is -0.338 e.